The van der Waals surface area contributed by atoms with E-state index >= 15 is 0 Å². The third-order valence-electron chi connectivity index (χ3n) is 7.20. The number of rotatable bonds is 7. The summed E-state index contributed by atoms with van der Waals surface area (Å²) in [5.74, 6) is -6.53. The van der Waals surface area contributed by atoms with Gasteiger partial charge in [-0.1, -0.05) is 12.1 Å². The van der Waals surface area contributed by atoms with E-state index in [-0.39, 0.29) is 16.7 Å². The van der Waals surface area contributed by atoms with Crippen molar-refractivity contribution in [1.82, 2.24) is 20.2 Å². The predicted octanol–water partition coefficient (Wildman–Crippen LogP) is 4.49. The number of carbonyl (C=O) groups excluding carboxylic acids is 1. The Morgan fingerprint density at radius 2 is 1.61 bits per heavy atom. The third-order valence-corrected chi connectivity index (χ3v) is 7.20. The van der Waals surface area contributed by atoms with E-state index < -0.39 is 47.6 Å². The maximum atomic E-state index is 14.5. The lowest BCUT2D eigenvalue weighted by atomic mass is 9.72. The summed E-state index contributed by atoms with van der Waals surface area (Å²) in [5.41, 5.74) is -1.11. The molecule has 16 heteroatoms. The quantitative estimate of drug-likeness (QED) is 0.293. The van der Waals surface area contributed by atoms with Crippen LogP contribution in [0.5, 0.6) is 0 Å². The number of carbonyl (C=O) groups is 2. The van der Waals surface area contributed by atoms with Crippen LogP contribution in [-0.4, -0.2) is 70.6 Å². The SMILES string of the molecule is CC(=O)N[C@@](c1ccc(F)c(F)c1)(c1ccc(CN2CC3(C2)CN(c2ccc(F)nc2)C3)cn1)C(F)F.O=C(O)C(F)(F)F. The van der Waals surface area contributed by atoms with E-state index in [9.17, 15) is 39.9 Å². The van der Waals surface area contributed by atoms with Crippen LogP contribution >= 0.6 is 0 Å². The first-order valence-electron chi connectivity index (χ1n) is 12.9. The summed E-state index contributed by atoms with van der Waals surface area (Å²) in [4.78, 5) is 33.0. The minimum atomic E-state index is -5.08. The van der Waals surface area contributed by atoms with Crippen LogP contribution in [0, 0.1) is 23.0 Å². The summed E-state index contributed by atoms with van der Waals surface area (Å²) in [5, 5.41) is 9.35. The summed E-state index contributed by atoms with van der Waals surface area (Å²) in [6.07, 6.45) is -5.30. The highest BCUT2D eigenvalue weighted by molar-refractivity contribution is 5.75. The Morgan fingerprint density at radius 3 is 2.09 bits per heavy atom. The normalized spacial score (nSPS) is 17.2. The molecule has 0 bridgehead atoms. The molecule has 0 radical (unpaired) electrons. The van der Waals surface area contributed by atoms with Gasteiger partial charge in [0.1, 0.15) is 0 Å². The van der Waals surface area contributed by atoms with Crippen LogP contribution < -0.4 is 10.2 Å². The first kappa shape index (κ1) is 32.6. The molecule has 4 heterocycles. The van der Waals surface area contributed by atoms with Gasteiger partial charge >= 0.3 is 12.1 Å². The van der Waals surface area contributed by atoms with E-state index in [2.05, 4.69) is 25.1 Å². The molecule has 2 saturated heterocycles. The molecular formula is C28H25F8N5O3. The Balaban J connectivity index is 0.000000566. The average Bonchev–Trinajstić information content (AvgIpc) is 2.90. The van der Waals surface area contributed by atoms with Crippen LogP contribution in [-0.2, 0) is 21.7 Å². The number of aliphatic carboxylic acids is 1. The fraction of sp³-hybridized carbons (Fsp3) is 0.357. The largest absolute Gasteiger partial charge is 0.490 e. The first-order chi connectivity index (χ1) is 20.5. The van der Waals surface area contributed by atoms with Gasteiger partial charge < -0.3 is 15.3 Å². The molecule has 2 aromatic heterocycles. The molecule has 1 aromatic carbocycles. The van der Waals surface area contributed by atoms with Gasteiger partial charge in [-0.05, 0) is 41.5 Å². The van der Waals surface area contributed by atoms with Crippen molar-refractivity contribution >= 4 is 17.6 Å². The maximum absolute atomic E-state index is 14.5. The number of aromatic nitrogens is 2. The summed E-state index contributed by atoms with van der Waals surface area (Å²) in [6, 6.07) is 8.47. The monoisotopic (exact) mass is 631 g/mol. The number of halogens is 8. The van der Waals surface area contributed by atoms with Gasteiger partial charge in [-0.3, -0.25) is 14.7 Å². The van der Waals surface area contributed by atoms with Crippen LogP contribution in [0.15, 0.2) is 54.9 Å². The molecule has 44 heavy (non-hydrogen) atoms. The van der Waals surface area contributed by atoms with E-state index in [4.69, 9.17) is 9.90 Å². The second kappa shape index (κ2) is 12.3. The molecular weight excluding hydrogens is 606 g/mol. The molecule has 1 spiro atoms. The molecule has 2 fully saturated rings. The smallest absolute Gasteiger partial charge is 0.475 e. The molecule has 0 unspecified atom stereocenters. The lowest BCUT2D eigenvalue weighted by molar-refractivity contribution is -0.192. The number of nitrogens with zero attached hydrogens (tertiary/aromatic N) is 4. The van der Waals surface area contributed by atoms with Crippen LogP contribution in [0.1, 0.15) is 23.7 Å². The molecule has 2 aliphatic heterocycles. The molecule has 3 aromatic rings. The molecule has 8 nitrogen and oxygen atoms in total. The molecule has 0 saturated carbocycles. The van der Waals surface area contributed by atoms with Gasteiger partial charge in [0.25, 0.3) is 6.43 Å². The van der Waals surface area contributed by atoms with Crippen LogP contribution in [0.25, 0.3) is 0 Å². The number of carboxylic acid groups (broad SMARTS) is 1. The number of pyridine rings is 2. The first-order valence-corrected chi connectivity index (χ1v) is 12.9. The highest BCUT2D eigenvalue weighted by atomic mass is 19.4. The fourth-order valence-corrected chi connectivity index (χ4v) is 5.32. The van der Waals surface area contributed by atoms with Crippen molar-refractivity contribution in [2.24, 2.45) is 5.41 Å². The zero-order valence-electron chi connectivity index (χ0n) is 22.9. The van der Waals surface area contributed by atoms with Crippen molar-refractivity contribution in [2.45, 2.75) is 31.6 Å². The topological polar surface area (TPSA) is 98.7 Å². The Kier molecular flexibility index (Phi) is 9.13. The van der Waals surface area contributed by atoms with Crippen LogP contribution in [0.2, 0.25) is 0 Å². The summed E-state index contributed by atoms with van der Waals surface area (Å²) in [6.45, 7) is 5.01. The number of benzene rings is 1. The zero-order valence-corrected chi connectivity index (χ0v) is 22.9. The van der Waals surface area contributed by atoms with Gasteiger partial charge in [0.05, 0.1) is 17.6 Å². The number of amides is 1. The van der Waals surface area contributed by atoms with Crippen LogP contribution in [0.4, 0.5) is 40.8 Å². The molecule has 5 rings (SSSR count). The number of alkyl halides is 5. The molecule has 2 N–H and O–H groups in total. The second-order valence-corrected chi connectivity index (χ2v) is 10.6. The summed E-state index contributed by atoms with van der Waals surface area (Å²) >= 11 is 0. The minimum Gasteiger partial charge on any atom is -0.475 e. The van der Waals surface area contributed by atoms with Crippen molar-refractivity contribution in [1.29, 1.82) is 0 Å². The molecule has 236 valence electrons. The van der Waals surface area contributed by atoms with Crippen LogP contribution in [0.3, 0.4) is 0 Å². The minimum absolute atomic E-state index is 0.157. The van der Waals surface area contributed by atoms with Gasteiger partial charge in [-0.2, -0.15) is 17.6 Å². The van der Waals surface area contributed by atoms with E-state index in [1.807, 2.05) is 0 Å². The van der Waals surface area contributed by atoms with Gasteiger partial charge in [-0.15, -0.1) is 0 Å². The standard InChI is InChI=1S/C26H24F5N5O.C2HF3O2/c1-16(37)34-26(24(30)31,18-3-5-20(27)21(28)8-18)22-6-2-17(9-32-22)11-35-12-25(13-35)14-36(15-25)19-4-7-23(29)33-10-19;3-2(4,5)1(6)7/h2-10,24H,11-15H2,1H3,(H,34,37);(H,6,7)/t26-;/m0./s1. The van der Waals surface area contributed by atoms with Crippen molar-refractivity contribution < 1.29 is 49.8 Å². The Labute approximate surface area is 245 Å². The second-order valence-electron chi connectivity index (χ2n) is 10.6. The van der Waals surface area contributed by atoms with Crippen molar-refractivity contribution in [3.8, 4) is 0 Å². The van der Waals surface area contributed by atoms with E-state index in [0.717, 1.165) is 56.5 Å². The summed E-state index contributed by atoms with van der Waals surface area (Å²) in [7, 11) is 0. The highest BCUT2D eigenvalue weighted by Gasteiger charge is 2.51. The lowest BCUT2D eigenvalue weighted by Crippen LogP contribution is -2.71. The lowest BCUT2D eigenvalue weighted by Gasteiger charge is -2.61. The molecule has 0 aliphatic carbocycles. The third kappa shape index (κ3) is 6.90. The number of anilines is 1. The van der Waals surface area contributed by atoms with Gasteiger partial charge in [0.15, 0.2) is 17.2 Å². The van der Waals surface area contributed by atoms with Gasteiger partial charge in [-0.25, -0.2) is 27.3 Å². The predicted molar refractivity (Wildman–Crippen MR) is 139 cm³/mol. The molecule has 1 amide bonds. The number of nitrogens with one attached hydrogen (secondary N) is 1. The maximum Gasteiger partial charge on any atom is 0.490 e. The van der Waals surface area contributed by atoms with Gasteiger partial charge in [0, 0.05) is 51.3 Å². The molecule has 2 aliphatic rings. The van der Waals surface area contributed by atoms with Crippen molar-refractivity contribution in [3.63, 3.8) is 0 Å². The highest BCUT2D eigenvalue weighted by Crippen LogP contribution is 2.42. The average molecular weight is 632 g/mol. The van der Waals surface area contributed by atoms with Crippen molar-refractivity contribution in [2.75, 3.05) is 31.1 Å². The number of hydrogen-bond acceptors (Lipinski definition) is 6. The fourth-order valence-electron chi connectivity index (χ4n) is 5.32. The Morgan fingerprint density at radius 1 is 0.955 bits per heavy atom. The van der Waals surface area contributed by atoms with E-state index in [1.165, 1.54) is 24.5 Å². The van der Waals surface area contributed by atoms with Crippen molar-refractivity contribution in [3.05, 3.63) is 89.3 Å². The summed E-state index contributed by atoms with van der Waals surface area (Å²) < 4.78 is 101. The number of hydrogen-bond donors (Lipinski definition) is 2. The van der Waals surface area contributed by atoms with Gasteiger partial charge in [0.2, 0.25) is 11.9 Å². The zero-order chi connectivity index (χ0) is 32.4. The van der Waals surface area contributed by atoms with E-state index in [1.54, 1.807) is 12.1 Å². The Hall–Kier alpha value is -4.34. The number of likely N-dealkylation sites (tertiary alicyclic amines) is 1. The number of carboxylic acids is 1. The Bertz CT molecular complexity index is 1490. The molecule has 1 atom stereocenters. The van der Waals surface area contributed by atoms with E-state index in [0.29, 0.717) is 12.6 Å².